The van der Waals surface area contributed by atoms with Crippen LogP contribution in [0.5, 0.6) is 0 Å². The summed E-state index contributed by atoms with van der Waals surface area (Å²) in [5.74, 6) is 0. The van der Waals surface area contributed by atoms with E-state index in [2.05, 4.69) is 42.5 Å². The first-order valence-electron chi connectivity index (χ1n) is 11.2. The van der Waals surface area contributed by atoms with Crippen molar-refractivity contribution in [2.75, 3.05) is 0 Å². The van der Waals surface area contributed by atoms with Crippen molar-refractivity contribution in [1.29, 1.82) is 5.26 Å². The van der Waals surface area contributed by atoms with E-state index in [0.717, 1.165) is 66.1 Å². The van der Waals surface area contributed by atoms with Gasteiger partial charge < -0.3 is 8.83 Å². The molecule has 0 aliphatic rings. The third kappa shape index (κ3) is 2.69. The zero-order valence-corrected chi connectivity index (χ0v) is 18.1. The van der Waals surface area contributed by atoms with Crippen LogP contribution in [-0.2, 0) is 0 Å². The fourth-order valence-electron chi connectivity index (χ4n) is 4.92. The normalized spacial score (nSPS) is 11.5. The summed E-state index contributed by atoms with van der Waals surface area (Å²) in [6, 6.07) is 36.7. The molecule has 0 aliphatic heterocycles. The quantitative estimate of drug-likeness (QED) is 0.273. The Balaban J connectivity index is 1.59. The highest BCUT2D eigenvalue weighted by atomic mass is 16.3. The molecule has 5 aromatic carbocycles. The minimum atomic E-state index is 0.641. The van der Waals surface area contributed by atoms with E-state index in [1.54, 1.807) is 0 Å². The number of nitriles is 1. The lowest BCUT2D eigenvalue weighted by Crippen LogP contribution is -1.85. The summed E-state index contributed by atoms with van der Waals surface area (Å²) in [5.41, 5.74) is 7.97. The third-order valence-electron chi connectivity index (χ3n) is 6.49. The van der Waals surface area contributed by atoms with Crippen molar-refractivity contribution >= 4 is 43.9 Å². The summed E-state index contributed by atoms with van der Waals surface area (Å²) in [6.45, 7) is 0. The second-order valence-corrected chi connectivity index (χ2v) is 8.47. The molecule has 7 aromatic rings. The van der Waals surface area contributed by atoms with E-state index >= 15 is 0 Å². The van der Waals surface area contributed by atoms with Gasteiger partial charge in [0, 0.05) is 21.5 Å². The van der Waals surface area contributed by atoms with Crippen molar-refractivity contribution < 1.29 is 8.83 Å². The fourth-order valence-corrected chi connectivity index (χ4v) is 4.92. The summed E-state index contributed by atoms with van der Waals surface area (Å²) in [7, 11) is 0. The fraction of sp³-hybridized carbons (Fsp3) is 0. The average Bonchev–Trinajstić information content (AvgIpc) is 3.45. The second kappa shape index (κ2) is 7.10. The zero-order chi connectivity index (χ0) is 22.6. The molecule has 0 radical (unpaired) electrons. The van der Waals surface area contributed by atoms with Gasteiger partial charge in [-0.25, -0.2) is 0 Å². The Morgan fingerprint density at radius 3 is 1.71 bits per heavy atom. The van der Waals surface area contributed by atoms with Crippen LogP contribution in [0.2, 0.25) is 0 Å². The molecule has 3 heteroatoms. The predicted octanol–water partition coefficient (Wildman–Crippen LogP) is 8.69. The lowest BCUT2D eigenvalue weighted by Gasteiger charge is -2.08. The predicted molar refractivity (Wildman–Crippen MR) is 137 cm³/mol. The first-order chi connectivity index (χ1) is 16.8. The summed E-state index contributed by atoms with van der Waals surface area (Å²) < 4.78 is 12.8. The topological polar surface area (TPSA) is 50.1 Å². The lowest BCUT2D eigenvalue weighted by atomic mass is 9.95. The number of fused-ring (bicyclic) bond motifs is 6. The minimum absolute atomic E-state index is 0.641. The molecular weight excluding hydrogens is 418 g/mol. The van der Waals surface area contributed by atoms with E-state index < -0.39 is 0 Å². The molecule has 0 spiro atoms. The molecule has 7 rings (SSSR count). The van der Waals surface area contributed by atoms with Crippen LogP contribution in [-0.4, -0.2) is 0 Å². The number of para-hydroxylation sites is 2. The van der Waals surface area contributed by atoms with Gasteiger partial charge in [0.25, 0.3) is 0 Å². The Kier molecular flexibility index (Phi) is 3.91. The molecule has 0 bridgehead atoms. The summed E-state index contributed by atoms with van der Waals surface area (Å²) in [6.07, 6.45) is 0. The van der Waals surface area contributed by atoms with E-state index in [1.807, 2.05) is 66.7 Å². The van der Waals surface area contributed by atoms with Crippen LogP contribution in [0.4, 0.5) is 0 Å². The van der Waals surface area contributed by atoms with Gasteiger partial charge in [0.15, 0.2) is 0 Å². The first-order valence-corrected chi connectivity index (χ1v) is 11.2. The van der Waals surface area contributed by atoms with Gasteiger partial charge in [-0.15, -0.1) is 0 Å². The Bertz CT molecular complexity index is 1840. The smallest absolute Gasteiger partial charge is 0.147 e. The minimum Gasteiger partial charge on any atom is -0.455 e. The van der Waals surface area contributed by atoms with Crippen molar-refractivity contribution in [2.45, 2.75) is 0 Å². The van der Waals surface area contributed by atoms with Gasteiger partial charge in [0.2, 0.25) is 0 Å². The van der Waals surface area contributed by atoms with Crippen molar-refractivity contribution in [3.63, 3.8) is 0 Å². The second-order valence-electron chi connectivity index (χ2n) is 8.47. The third-order valence-corrected chi connectivity index (χ3v) is 6.49. The number of furan rings is 2. The molecule has 0 unspecified atom stereocenters. The molecule has 158 valence electrons. The van der Waals surface area contributed by atoms with Crippen molar-refractivity contribution in [3.8, 4) is 28.3 Å². The van der Waals surface area contributed by atoms with Crippen LogP contribution < -0.4 is 0 Å². The SMILES string of the molecule is N#Cc1cccc(-c2cccc(-c3c4oc5ccccc5c4cc4c3oc3ccccc34)c2)c1. The largest absolute Gasteiger partial charge is 0.455 e. The number of nitrogens with zero attached hydrogens (tertiary/aromatic N) is 1. The summed E-state index contributed by atoms with van der Waals surface area (Å²) in [4.78, 5) is 0. The zero-order valence-electron chi connectivity index (χ0n) is 18.1. The van der Waals surface area contributed by atoms with Gasteiger partial charge in [-0.2, -0.15) is 5.26 Å². The number of rotatable bonds is 2. The van der Waals surface area contributed by atoms with Gasteiger partial charge in [0.05, 0.1) is 17.2 Å². The van der Waals surface area contributed by atoms with Crippen LogP contribution in [0.25, 0.3) is 66.1 Å². The van der Waals surface area contributed by atoms with Gasteiger partial charge in [-0.05, 0) is 53.1 Å². The van der Waals surface area contributed by atoms with Gasteiger partial charge >= 0.3 is 0 Å². The molecule has 0 atom stereocenters. The Morgan fingerprint density at radius 2 is 1.06 bits per heavy atom. The van der Waals surface area contributed by atoms with Crippen LogP contribution >= 0.6 is 0 Å². The number of benzene rings is 5. The molecule has 0 saturated carbocycles. The molecule has 2 heterocycles. The Hall–Kier alpha value is -4.81. The van der Waals surface area contributed by atoms with Crippen molar-refractivity contribution in [3.05, 3.63) is 109 Å². The number of hydrogen-bond donors (Lipinski definition) is 0. The van der Waals surface area contributed by atoms with Gasteiger partial charge in [-0.3, -0.25) is 0 Å². The van der Waals surface area contributed by atoms with Crippen molar-refractivity contribution in [2.24, 2.45) is 0 Å². The van der Waals surface area contributed by atoms with E-state index in [0.29, 0.717) is 5.56 Å². The molecular formula is C31H17NO2. The molecule has 0 amide bonds. The first kappa shape index (κ1) is 18.7. The van der Waals surface area contributed by atoms with E-state index in [9.17, 15) is 5.26 Å². The highest BCUT2D eigenvalue weighted by molar-refractivity contribution is 6.22. The Labute approximate surface area is 195 Å². The monoisotopic (exact) mass is 435 g/mol. The van der Waals surface area contributed by atoms with Crippen LogP contribution in [0.15, 0.2) is 112 Å². The van der Waals surface area contributed by atoms with Crippen LogP contribution in [0.3, 0.4) is 0 Å². The van der Waals surface area contributed by atoms with Crippen LogP contribution in [0, 0.1) is 11.3 Å². The maximum absolute atomic E-state index is 9.34. The number of hydrogen-bond acceptors (Lipinski definition) is 3. The molecule has 0 aliphatic carbocycles. The summed E-state index contributed by atoms with van der Waals surface area (Å²) in [5, 5.41) is 13.7. The standard InChI is InChI=1S/C31H17NO2/c32-18-19-7-5-8-20(15-19)21-9-6-10-22(16-21)29-30-25(23-11-1-3-13-27(23)33-30)17-26-24-12-2-4-14-28(24)34-31(26)29/h1-17H. The highest BCUT2D eigenvalue weighted by Crippen LogP contribution is 2.44. The van der Waals surface area contributed by atoms with Crippen LogP contribution in [0.1, 0.15) is 5.56 Å². The molecule has 0 N–H and O–H groups in total. The molecule has 0 fully saturated rings. The maximum atomic E-state index is 9.34. The maximum Gasteiger partial charge on any atom is 0.147 e. The van der Waals surface area contributed by atoms with E-state index in [1.165, 1.54) is 0 Å². The van der Waals surface area contributed by atoms with Gasteiger partial charge in [-0.1, -0.05) is 66.7 Å². The molecule has 0 saturated heterocycles. The molecule has 2 aromatic heterocycles. The molecule has 3 nitrogen and oxygen atoms in total. The highest BCUT2D eigenvalue weighted by Gasteiger charge is 2.21. The van der Waals surface area contributed by atoms with Crippen molar-refractivity contribution in [1.82, 2.24) is 0 Å². The molecule has 34 heavy (non-hydrogen) atoms. The van der Waals surface area contributed by atoms with E-state index in [4.69, 9.17) is 8.83 Å². The lowest BCUT2D eigenvalue weighted by molar-refractivity contribution is 0.658. The average molecular weight is 435 g/mol. The van der Waals surface area contributed by atoms with E-state index in [-0.39, 0.29) is 0 Å². The van der Waals surface area contributed by atoms with Gasteiger partial charge in [0.1, 0.15) is 22.3 Å². The summed E-state index contributed by atoms with van der Waals surface area (Å²) >= 11 is 0. The Morgan fingerprint density at radius 1 is 0.500 bits per heavy atom.